The van der Waals surface area contributed by atoms with Crippen molar-refractivity contribution in [2.75, 3.05) is 6.54 Å². The van der Waals surface area contributed by atoms with Crippen LogP contribution in [0.3, 0.4) is 0 Å². The number of ether oxygens (including phenoxy) is 2. The third kappa shape index (κ3) is 7.11. The molecule has 1 aromatic carbocycles. The van der Waals surface area contributed by atoms with Crippen LogP contribution < -0.4 is 5.32 Å². The molecule has 1 amide bonds. The van der Waals surface area contributed by atoms with E-state index >= 15 is 0 Å². The van der Waals surface area contributed by atoms with Crippen LogP contribution in [-0.4, -0.2) is 40.9 Å². The molecule has 1 N–H and O–H groups in total. The number of halogens is 5. The minimum atomic E-state index is -2.31. The molecule has 28 heavy (non-hydrogen) atoms. The van der Waals surface area contributed by atoms with Crippen molar-refractivity contribution in [1.82, 2.24) is 5.32 Å². The van der Waals surface area contributed by atoms with Gasteiger partial charge < -0.3 is 19.2 Å². The highest BCUT2D eigenvalue weighted by Gasteiger charge is 2.29. The van der Waals surface area contributed by atoms with Gasteiger partial charge in [0.2, 0.25) is 5.82 Å². The highest BCUT2D eigenvalue weighted by atomic mass is 28.2. The van der Waals surface area contributed by atoms with Crippen LogP contribution >= 0.6 is 0 Å². The topological polar surface area (TPSA) is 56.8 Å². The quantitative estimate of drug-likeness (QED) is 0.147. The van der Waals surface area contributed by atoms with Gasteiger partial charge in [-0.1, -0.05) is 0 Å². The third-order valence-electron chi connectivity index (χ3n) is 3.31. The van der Waals surface area contributed by atoms with Gasteiger partial charge in [-0.2, -0.15) is 0 Å². The molecule has 0 fully saturated rings. The van der Waals surface area contributed by atoms with E-state index in [9.17, 15) is 26.7 Å². The van der Waals surface area contributed by atoms with Crippen molar-refractivity contribution < 1.29 is 40.6 Å². The average molecular weight is 429 g/mol. The molecule has 11 heteroatoms. The smallest absolute Gasteiger partial charge is 0.262 e. The van der Waals surface area contributed by atoms with E-state index in [1.165, 1.54) is 0 Å². The Hall–Kier alpha value is -1.56. The molecule has 0 spiro atoms. The number of amides is 1. The summed E-state index contributed by atoms with van der Waals surface area (Å²) in [5, 5.41) is 2.14. The molecule has 0 saturated carbocycles. The summed E-state index contributed by atoms with van der Waals surface area (Å²) in [6, 6.07) is 0.566. The van der Waals surface area contributed by atoms with E-state index in [1.54, 1.807) is 0 Å². The van der Waals surface area contributed by atoms with Crippen LogP contribution in [0.2, 0.25) is 6.04 Å². The van der Waals surface area contributed by atoms with Gasteiger partial charge in [-0.3, -0.25) is 4.79 Å². The fourth-order valence-electron chi connectivity index (χ4n) is 2.06. The van der Waals surface area contributed by atoms with Gasteiger partial charge in [0.05, 0.1) is 12.2 Å². The van der Waals surface area contributed by atoms with Gasteiger partial charge in [-0.05, 0) is 40.2 Å². The molecule has 0 aromatic heterocycles. The molecule has 0 aliphatic heterocycles. The maximum absolute atomic E-state index is 13.6. The minimum Gasteiger partial charge on any atom is -0.379 e. The Morgan fingerprint density at radius 3 is 1.82 bits per heavy atom. The zero-order valence-electron chi connectivity index (χ0n) is 16.1. The SMILES string of the molecule is CC(C)OC(O[SiH2]CCCNC(=O)c1c(F)c(F)c(F)c(F)c1F)OC(C)C. The van der Waals surface area contributed by atoms with Gasteiger partial charge in [0.15, 0.2) is 33.0 Å². The second-order valence-electron chi connectivity index (χ2n) is 6.44. The summed E-state index contributed by atoms with van der Waals surface area (Å²) >= 11 is 0. The molecule has 0 aliphatic rings. The van der Waals surface area contributed by atoms with Gasteiger partial charge in [0.1, 0.15) is 5.56 Å². The lowest BCUT2D eigenvalue weighted by atomic mass is 10.1. The van der Waals surface area contributed by atoms with Crippen molar-refractivity contribution in [3.8, 4) is 0 Å². The Labute approximate surface area is 162 Å². The summed E-state index contributed by atoms with van der Waals surface area (Å²) in [5.41, 5.74) is -1.50. The van der Waals surface area contributed by atoms with E-state index in [4.69, 9.17) is 13.9 Å². The molecule has 160 valence electrons. The van der Waals surface area contributed by atoms with Crippen LogP contribution in [0.4, 0.5) is 22.0 Å². The molecule has 0 saturated heterocycles. The van der Waals surface area contributed by atoms with Gasteiger partial charge >= 0.3 is 0 Å². The molecule has 1 rings (SSSR count). The van der Waals surface area contributed by atoms with Crippen LogP contribution in [0.1, 0.15) is 44.5 Å². The summed E-state index contributed by atoms with van der Waals surface area (Å²) in [7, 11) is -1.08. The Bertz CT molecular complexity index is 636. The number of carbonyl (C=O) groups is 1. The lowest BCUT2D eigenvalue weighted by Gasteiger charge is -2.23. The summed E-state index contributed by atoms with van der Waals surface area (Å²) in [4.78, 5) is 11.8. The Morgan fingerprint density at radius 2 is 1.36 bits per heavy atom. The van der Waals surface area contributed by atoms with Crippen LogP contribution in [0.5, 0.6) is 0 Å². The normalized spacial score (nSPS) is 12.1. The van der Waals surface area contributed by atoms with E-state index in [0.29, 0.717) is 12.5 Å². The molecule has 0 unspecified atom stereocenters. The number of rotatable bonds is 11. The first kappa shape index (κ1) is 24.5. The zero-order chi connectivity index (χ0) is 21.4. The summed E-state index contributed by atoms with van der Waals surface area (Å²) < 4.78 is 82.8. The Morgan fingerprint density at radius 1 is 0.893 bits per heavy atom. The van der Waals surface area contributed by atoms with Crippen molar-refractivity contribution in [2.45, 2.75) is 58.8 Å². The van der Waals surface area contributed by atoms with Gasteiger partial charge in [-0.15, -0.1) is 0 Å². The molecular weight excluding hydrogens is 405 g/mol. The summed E-state index contributed by atoms with van der Waals surface area (Å²) in [5.74, 6) is -12.3. The maximum atomic E-state index is 13.6. The largest absolute Gasteiger partial charge is 0.379 e. The van der Waals surface area contributed by atoms with Crippen LogP contribution in [0, 0.1) is 29.1 Å². The summed E-state index contributed by atoms with van der Waals surface area (Å²) in [6.07, 6.45) is 0.195. The predicted octanol–water partition coefficient (Wildman–Crippen LogP) is 3.15. The fraction of sp³-hybridized carbons (Fsp3) is 0.588. The van der Waals surface area contributed by atoms with Crippen molar-refractivity contribution in [2.24, 2.45) is 0 Å². The van der Waals surface area contributed by atoms with Gasteiger partial charge in [-0.25, -0.2) is 22.0 Å². The average Bonchev–Trinajstić information content (AvgIpc) is 2.60. The number of benzene rings is 1. The standard InChI is InChI=1S/C17H24F5NO4Si/c1-8(2)25-17(26-9(3)4)27-28-7-5-6-23-16(24)10-11(18)13(20)15(22)14(21)12(10)19/h8-9,17H,5-7,28H2,1-4H3,(H,23,24). The highest BCUT2D eigenvalue weighted by Crippen LogP contribution is 2.22. The molecule has 5 nitrogen and oxygen atoms in total. The van der Waals surface area contributed by atoms with Crippen molar-refractivity contribution in [1.29, 1.82) is 0 Å². The van der Waals surface area contributed by atoms with E-state index < -0.39 is 56.8 Å². The second kappa shape index (κ2) is 11.4. The number of hydrogen-bond donors (Lipinski definition) is 1. The summed E-state index contributed by atoms with van der Waals surface area (Å²) in [6.45, 7) is 6.50. The molecule has 0 radical (unpaired) electrons. The van der Waals surface area contributed by atoms with Crippen LogP contribution in [-0.2, 0) is 13.9 Å². The third-order valence-corrected chi connectivity index (χ3v) is 4.61. The Balaban J connectivity index is 2.48. The van der Waals surface area contributed by atoms with Crippen molar-refractivity contribution in [3.05, 3.63) is 34.6 Å². The molecule has 0 aliphatic carbocycles. The highest BCUT2D eigenvalue weighted by molar-refractivity contribution is 6.27. The van der Waals surface area contributed by atoms with E-state index in [2.05, 4.69) is 5.32 Å². The maximum Gasteiger partial charge on any atom is 0.262 e. The van der Waals surface area contributed by atoms with Crippen LogP contribution in [0.25, 0.3) is 0 Å². The minimum absolute atomic E-state index is 0.0184. The van der Waals surface area contributed by atoms with Crippen molar-refractivity contribution in [3.63, 3.8) is 0 Å². The van der Waals surface area contributed by atoms with Crippen molar-refractivity contribution >= 4 is 15.7 Å². The molecule has 0 atom stereocenters. The fourth-order valence-corrected chi connectivity index (χ4v) is 3.03. The Kier molecular flexibility index (Phi) is 10.0. The van der Waals surface area contributed by atoms with Crippen LogP contribution in [0.15, 0.2) is 0 Å². The van der Waals surface area contributed by atoms with Gasteiger partial charge in [0.25, 0.3) is 12.4 Å². The van der Waals surface area contributed by atoms with E-state index in [1.807, 2.05) is 27.7 Å². The predicted molar refractivity (Wildman–Crippen MR) is 93.8 cm³/mol. The number of nitrogens with one attached hydrogen (secondary N) is 1. The molecule has 1 aromatic rings. The molecule has 0 heterocycles. The van der Waals surface area contributed by atoms with E-state index in [0.717, 1.165) is 0 Å². The second-order valence-corrected chi connectivity index (χ2v) is 7.89. The van der Waals surface area contributed by atoms with Gasteiger partial charge in [0, 0.05) is 6.54 Å². The number of carbonyl (C=O) groups excluding carboxylic acids is 1. The first-order chi connectivity index (χ1) is 13.1. The monoisotopic (exact) mass is 429 g/mol. The first-order valence-electron chi connectivity index (χ1n) is 8.78. The molecular formula is C17H24F5NO4Si. The molecule has 0 bridgehead atoms. The number of hydrogen-bond acceptors (Lipinski definition) is 4. The van der Waals surface area contributed by atoms with E-state index in [-0.39, 0.29) is 18.8 Å². The zero-order valence-corrected chi connectivity index (χ0v) is 17.5. The lowest BCUT2D eigenvalue weighted by Crippen LogP contribution is -2.30. The first-order valence-corrected chi connectivity index (χ1v) is 10.4. The lowest BCUT2D eigenvalue weighted by molar-refractivity contribution is -0.275.